The van der Waals surface area contributed by atoms with Gasteiger partial charge in [-0.05, 0) is 32.4 Å². The Morgan fingerprint density at radius 1 is 1.50 bits per heavy atom. The highest BCUT2D eigenvalue weighted by Gasteiger charge is 2.15. The summed E-state index contributed by atoms with van der Waals surface area (Å²) in [5, 5.41) is 15.8. The average Bonchev–Trinajstić information content (AvgIpc) is 2.68. The van der Waals surface area contributed by atoms with Gasteiger partial charge in [-0.3, -0.25) is 0 Å². The van der Waals surface area contributed by atoms with Crippen LogP contribution in [-0.4, -0.2) is 32.8 Å². The Bertz CT molecular complexity index is 371. The molecular formula is C10H18BrN5. The van der Waals surface area contributed by atoms with Gasteiger partial charge in [0.2, 0.25) is 5.82 Å². The monoisotopic (exact) mass is 287 g/mol. The van der Waals surface area contributed by atoms with Gasteiger partial charge in [0.25, 0.3) is 0 Å². The molecule has 1 atom stereocenters. The molecule has 0 bridgehead atoms. The molecule has 0 amide bonds. The second kappa shape index (κ2) is 5.54. The van der Waals surface area contributed by atoms with Gasteiger partial charge < -0.3 is 5.32 Å². The molecule has 0 fully saturated rings. The van der Waals surface area contributed by atoms with E-state index in [4.69, 9.17) is 0 Å². The minimum absolute atomic E-state index is 0. The number of tetrazole rings is 1. The van der Waals surface area contributed by atoms with Crippen molar-refractivity contribution in [2.45, 2.75) is 39.3 Å². The number of hydrogen-bond donors (Lipinski definition) is 1. The van der Waals surface area contributed by atoms with Gasteiger partial charge in [0.15, 0.2) is 0 Å². The third kappa shape index (κ3) is 2.89. The van der Waals surface area contributed by atoms with E-state index < -0.39 is 0 Å². The first-order valence-electron chi connectivity index (χ1n) is 5.39. The van der Waals surface area contributed by atoms with Crippen LogP contribution in [0, 0.1) is 0 Å². The van der Waals surface area contributed by atoms with E-state index in [9.17, 15) is 0 Å². The molecule has 0 aliphatic carbocycles. The Morgan fingerprint density at radius 3 is 2.75 bits per heavy atom. The zero-order chi connectivity index (χ0) is 10.8. The molecule has 1 aromatic heterocycles. The molecule has 0 saturated heterocycles. The summed E-state index contributed by atoms with van der Waals surface area (Å²) in [6.45, 7) is 7.10. The quantitative estimate of drug-likeness (QED) is 0.898. The van der Waals surface area contributed by atoms with E-state index >= 15 is 0 Å². The van der Waals surface area contributed by atoms with Crippen LogP contribution in [0.1, 0.15) is 39.1 Å². The maximum absolute atomic E-state index is 4.34. The first-order chi connectivity index (χ1) is 7.16. The molecule has 0 saturated carbocycles. The zero-order valence-electron chi connectivity index (χ0n) is 9.84. The van der Waals surface area contributed by atoms with E-state index in [0.717, 1.165) is 24.4 Å². The van der Waals surface area contributed by atoms with Crippen LogP contribution in [-0.2, 0) is 0 Å². The molecule has 2 rings (SSSR count). The van der Waals surface area contributed by atoms with Crippen LogP contribution >= 0.6 is 17.0 Å². The standard InChI is InChI=1S/C10H17N5.BrH/c1-7(2)15-13-10(12-14-15)9-5-4-8(3)11-6-9;/h5,7-8,11H,4,6H2,1-3H3;1H. The summed E-state index contributed by atoms with van der Waals surface area (Å²) in [6, 6.07) is 0.816. The predicted molar refractivity (Wildman–Crippen MR) is 68.6 cm³/mol. The fourth-order valence-electron chi connectivity index (χ4n) is 1.50. The molecule has 6 heteroatoms. The molecule has 1 aromatic rings. The van der Waals surface area contributed by atoms with Crippen LogP contribution in [0.5, 0.6) is 0 Å². The van der Waals surface area contributed by atoms with E-state index in [1.807, 2.05) is 13.8 Å². The summed E-state index contributed by atoms with van der Waals surface area (Å²) in [7, 11) is 0. The van der Waals surface area contributed by atoms with Crippen LogP contribution in [0.2, 0.25) is 0 Å². The van der Waals surface area contributed by atoms with E-state index in [-0.39, 0.29) is 23.0 Å². The topological polar surface area (TPSA) is 55.6 Å². The summed E-state index contributed by atoms with van der Waals surface area (Å²) in [5.74, 6) is 0.753. The molecule has 1 aliphatic rings. The summed E-state index contributed by atoms with van der Waals surface area (Å²) in [5.41, 5.74) is 1.15. The largest absolute Gasteiger partial charge is 0.310 e. The zero-order valence-corrected chi connectivity index (χ0v) is 11.6. The minimum Gasteiger partial charge on any atom is -0.310 e. The average molecular weight is 288 g/mol. The molecule has 16 heavy (non-hydrogen) atoms. The lowest BCUT2D eigenvalue weighted by Gasteiger charge is -2.18. The summed E-state index contributed by atoms with van der Waals surface area (Å²) >= 11 is 0. The molecule has 1 N–H and O–H groups in total. The van der Waals surface area contributed by atoms with Gasteiger partial charge in [-0.2, -0.15) is 4.80 Å². The fraction of sp³-hybridized carbons (Fsp3) is 0.700. The third-order valence-electron chi connectivity index (χ3n) is 2.54. The number of nitrogens with one attached hydrogen (secondary N) is 1. The fourth-order valence-corrected chi connectivity index (χ4v) is 1.50. The van der Waals surface area contributed by atoms with Crippen molar-refractivity contribution in [2.24, 2.45) is 0 Å². The van der Waals surface area contributed by atoms with E-state index in [0.29, 0.717) is 6.04 Å². The van der Waals surface area contributed by atoms with Crippen molar-refractivity contribution < 1.29 is 0 Å². The van der Waals surface area contributed by atoms with Gasteiger partial charge >= 0.3 is 0 Å². The van der Waals surface area contributed by atoms with Crippen molar-refractivity contribution in [3.05, 3.63) is 11.9 Å². The number of aromatic nitrogens is 4. The van der Waals surface area contributed by atoms with E-state index in [1.54, 1.807) is 4.80 Å². The van der Waals surface area contributed by atoms with Crippen LogP contribution < -0.4 is 5.32 Å². The lowest BCUT2D eigenvalue weighted by molar-refractivity contribution is 0.454. The van der Waals surface area contributed by atoms with Crippen LogP contribution in [0.4, 0.5) is 0 Å². The number of halogens is 1. The van der Waals surface area contributed by atoms with Crippen LogP contribution in [0.3, 0.4) is 0 Å². The summed E-state index contributed by atoms with van der Waals surface area (Å²) in [6.07, 6.45) is 3.23. The normalized spacial score (nSPS) is 20.5. The van der Waals surface area contributed by atoms with Crippen molar-refractivity contribution in [3.63, 3.8) is 0 Å². The van der Waals surface area contributed by atoms with Crippen LogP contribution in [0.25, 0.3) is 5.57 Å². The van der Waals surface area contributed by atoms with E-state index in [1.165, 1.54) is 0 Å². The predicted octanol–water partition coefficient (Wildman–Crippen LogP) is 1.60. The van der Waals surface area contributed by atoms with Crippen molar-refractivity contribution in [1.82, 2.24) is 25.5 Å². The molecular weight excluding hydrogens is 270 g/mol. The maximum Gasteiger partial charge on any atom is 0.201 e. The van der Waals surface area contributed by atoms with Crippen molar-refractivity contribution in [2.75, 3.05) is 6.54 Å². The second-order valence-corrected chi connectivity index (χ2v) is 4.27. The maximum atomic E-state index is 4.34. The molecule has 90 valence electrons. The molecule has 5 nitrogen and oxygen atoms in total. The smallest absolute Gasteiger partial charge is 0.201 e. The van der Waals surface area contributed by atoms with Gasteiger partial charge in [-0.25, -0.2) is 0 Å². The lowest BCUT2D eigenvalue weighted by Crippen LogP contribution is -2.30. The third-order valence-corrected chi connectivity index (χ3v) is 2.54. The Hall–Kier alpha value is -0.750. The van der Waals surface area contributed by atoms with Crippen molar-refractivity contribution in [3.8, 4) is 0 Å². The Kier molecular flexibility index (Phi) is 4.61. The van der Waals surface area contributed by atoms with Gasteiger partial charge in [0.05, 0.1) is 6.04 Å². The number of hydrogen-bond acceptors (Lipinski definition) is 4. The SMILES string of the molecule is Br.CC1CC=C(c2nnn(C(C)C)n2)CN1. The number of rotatable bonds is 2. The highest BCUT2D eigenvalue weighted by atomic mass is 79.9. The number of nitrogens with zero attached hydrogens (tertiary/aromatic N) is 4. The Morgan fingerprint density at radius 2 is 2.25 bits per heavy atom. The summed E-state index contributed by atoms with van der Waals surface area (Å²) < 4.78 is 0. The van der Waals surface area contributed by atoms with Gasteiger partial charge in [-0.1, -0.05) is 6.08 Å². The summed E-state index contributed by atoms with van der Waals surface area (Å²) in [4.78, 5) is 1.65. The Balaban J connectivity index is 0.00000128. The second-order valence-electron chi connectivity index (χ2n) is 4.27. The molecule has 1 aliphatic heterocycles. The molecule has 0 radical (unpaired) electrons. The molecule has 0 spiro atoms. The molecule has 1 unspecified atom stereocenters. The Labute approximate surface area is 106 Å². The lowest BCUT2D eigenvalue weighted by atomic mass is 10.1. The highest BCUT2D eigenvalue weighted by molar-refractivity contribution is 8.93. The van der Waals surface area contributed by atoms with Crippen molar-refractivity contribution in [1.29, 1.82) is 0 Å². The van der Waals surface area contributed by atoms with E-state index in [2.05, 4.69) is 33.7 Å². The van der Waals surface area contributed by atoms with Gasteiger partial charge in [0, 0.05) is 18.2 Å². The first-order valence-corrected chi connectivity index (χ1v) is 5.39. The van der Waals surface area contributed by atoms with Gasteiger partial charge in [-0.15, -0.1) is 27.2 Å². The molecule has 2 heterocycles. The van der Waals surface area contributed by atoms with Crippen LogP contribution in [0.15, 0.2) is 6.08 Å². The van der Waals surface area contributed by atoms with Gasteiger partial charge in [0.1, 0.15) is 0 Å². The minimum atomic E-state index is 0. The van der Waals surface area contributed by atoms with Crippen molar-refractivity contribution >= 4 is 22.6 Å². The highest BCUT2D eigenvalue weighted by Crippen LogP contribution is 2.14. The molecule has 0 aromatic carbocycles. The first kappa shape index (κ1) is 13.3.